The number of sulfonamides is 1. The van der Waals surface area contributed by atoms with E-state index >= 15 is 0 Å². The number of hydrogen-bond acceptors (Lipinski definition) is 3. The Balaban J connectivity index is 1.54. The van der Waals surface area contributed by atoms with Gasteiger partial charge in [0.2, 0.25) is 10.0 Å². The highest BCUT2D eigenvalue weighted by molar-refractivity contribution is 7.89. The zero-order chi connectivity index (χ0) is 15.6. The predicted molar refractivity (Wildman–Crippen MR) is 80.2 cm³/mol. The molecule has 4 nitrogen and oxygen atoms in total. The highest BCUT2D eigenvalue weighted by atomic mass is 32.2. The lowest BCUT2D eigenvalue weighted by Gasteiger charge is -2.37. The molecule has 1 heterocycles. The van der Waals surface area contributed by atoms with E-state index < -0.39 is 10.0 Å². The Hall–Kier alpha value is -1.76. The van der Waals surface area contributed by atoms with Crippen LogP contribution >= 0.6 is 0 Å². The molecule has 0 bridgehead atoms. The number of benzene rings is 2. The third-order valence-corrected chi connectivity index (χ3v) is 5.42. The first kappa shape index (κ1) is 15.1. The SMILES string of the molecule is O=S(=O)(c1ccccc1)N1CC(OCc2cccc(F)c2)C1. The molecular weight excluding hydrogens is 305 g/mol. The van der Waals surface area contributed by atoms with Gasteiger partial charge in [-0.1, -0.05) is 30.3 Å². The van der Waals surface area contributed by atoms with Gasteiger partial charge in [0.1, 0.15) is 5.82 Å². The third kappa shape index (κ3) is 3.19. The number of ether oxygens (including phenoxy) is 1. The summed E-state index contributed by atoms with van der Waals surface area (Å²) in [6, 6.07) is 14.5. The van der Waals surface area contributed by atoms with Crippen molar-refractivity contribution in [3.05, 3.63) is 66.0 Å². The van der Waals surface area contributed by atoms with E-state index in [-0.39, 0.29) is 18.5 Å². The molecule has 1 aliphatic heterocycles. The van der Waals surface area contributed by atoms with E-state index in [1.807, 2.05) is 0 Å². The molecule has 2 aromatic carbocycles. The van der Waals surface area contributed by atoms with E-state index in [1.165, 1.54) is 16.4 Å². The zero-order valence-electron chi connectivity index (χ0n) is 11.9. The van der Waals surface area contributed by atoms with Crippen molar-refractivity contribution >= 4 is 10.0 Å². The summed E-state index contributed by atoms with van der Waals surface area (Å²) in [5, 5.41) is 0. The van der Waals surface area contributed by atoms with Gasteiger partial charge in [-0.3, -0.25) is 0 Å². The van der Waals surface area contributed by atoms with Crippen molar-refractivity contribution in [1.82, 2.24) is 4.31 Å². The first-order valence-corrected chi connectivity index (χ1v) is 8.41. The maximum Gasteiger partial charge on any atom is 0.243 e. The van der Waals surface area contributed by atoms with E-state index in [2.05, 4.69) is 0 Å². The van der Waals surface area contributed by atoms with E-state index in [9.17, 15) is 12.8 Å². The summed E-state index contributed by atoms with van der Waals surface area (Å²) in [6.07, 6.45) is -0.151. The molecule has 1 saturated heterocycles. The molecule has 1 aliphatic rings. The van der Waals surface area contributed by atoms with Crippen molar-refractivity contribution in [3.63, 3.8) is 0 Å². The smallest absolute Gasteiger partial charge is 0.243 e. The fraction of sp³-hybridized carbons (Fsp3) is 0.250. The molecule has 0 amide bonds. The number of nitrogens with zero attached hydrogens (tertiary/aromatic N) is 1. The Labute approximate surface area is 129 Å². The highest BCUT2D eigenvalue weighted by Crippen LogP contribution is 2.23. The molecule has 1 fully saturated rings. The van der Waals surface area contributed by atoms with Gasteiger partial charge in [-0.2, -0.15) is 4.31 Å². The second-order valence-electron chi connectivity index (χ2n) is 5.20. The van der Waals surface area contributed by atoms with Gasteiger partial charge in [0.25, 0.3) is 0 Å². The molecule has 0 aliphatic carbocycles. The first-order chi connectivity index (χ1) is 10.6. The van der Waals surface area contributed by atoms with Crippen LogP contribution in [0, 0.1) is 5.82 Å². The van der Waals surface area contributed by atoms with Crippen LogP contribution in [0.25, 0.3) is 0 Å². The van der Waals surface area contributed by atoms with E-state index in [0.717, 1.165) is 5.56 Å². The van der Waals surface area contributed by atoms with Gasteiger partial charge in [0.05, 0.1) is 17.6 Å². The molecule has 22 heavy (non-hydrogen) atoms. The van der Waals surface area contributed by atoms with Crippen molar-refractivity contribution in [1.29, 1.82) is 0 Å². The van der Waals surface area contributed by atoms with Crippen LogP contribution in [0.15, 0.2) is 59.5 Å². The summed E-state index contributed by atoms with van der Waals surface area (Å²) < 4.78 is 44.6. The van der Waals surface area contributed by atoms with Crippen molar-refractivity contribution < 1.29 is 17.5 Å². The van der Waals surface area contributed by atoms with Crippen molar-refractivity contribution in [2.24, 2.45) is 0 Å². The fourth-order valence-electron chi connectivity index (χ4n) is 2.28. The Morgan fingerprint density at radius 2 is 1.82 bits per heavy atom. The molecular formula is C16H16FNO3S. The van der Waals surface area contributed by atoms with Crippen LogP contribution in [0.2, 0.25) is 0 Å². The van der Waals surface area contributed by atoms with Gasteiger partial charge >= 0.3 is 0 Å². The maximum absolute atomic E-state index is 13.1. The zero-order valence-corrected chi connectivity index (χ0v) is 12.7. The minimum absolute atomic E-state index is 0.151. The molecule has 0 aromatic heterocycles. The normalized spacial score (nSPS) is 16.4. The van der Waals surface area contributed by atoms with Crippen molar-refractivity contribution in [2.75, 3.05) is 13.1 Å². The molecule has 0 saturated carbocycles. The average Bonchev–Trinajstić information content (AvgIpc) is 2.46. The van der Waals surface area contributed by atoms with E-state index in [0.29, 0.717) is 18.0 Å². The van der Waals surface area contributed by atoms with Gasteiger partial charge < -0.3 is 4.74 Å². The molecule has 6 heteroatoms. The summed E-state index contributed by atoms with van der Waals surface area (Å²) >= 11 is 0. The molecule has 0 unspecified atom stereocenters. The van der Waals surface area contributed by atoms with Crippen LogP contribution in [-0.4, -0.2) is 31.9 Å². The van der Waals surface area contributed by atoms with Crippen LogP contribution in [-0.2, 0) is 21.4 Å². The van der Waals surface area contributed by atoms with E-state index in [1.54, 1.807) is 42.5 Å². The Kier molecular flexibility index (Phi) is 4.24. The monoisotopic (exact) mass is 321 g/mol. The molecule has 3 rings (SSSR count). The Morgan fingerprint density at radius 1 is 1.09 bits per heavy atom. The van der Waals surface area contributed by atoms with Gasteiger partial charge in [-0.25, -0.2) is 12.8 Å². The molecule has 0 spiro atoms. The average molecular weight is 321 g/mol. The molecule has 0 atom stereocenters. The largest absolute Gasteiger partial charge is 0.371 e. The van der Waals surface area contributed by atoms with Gasteiger partial charge in [0, 0.05) is 13.1 Å². The highest BCUT2D eigenvalue weighted by Gasteiger charge is 2.37. The summed E-state index contributed by atoms with van der Waals surface area (Å²) in [4.78, 5) is 0.290. The van der Waals surface area contributed by atoms with Crippen molar-refractivity contribution in [2.45, 2.75) is 17.6 Å². The maximum atomic E-state index is 13.1. The Bertz CT molecular complexity index is 743. The van der Waals surface area contributed by atoms with Crippen LogP contribution < -0.4 is 0 Å². The minimum Gasteiger partial charge on any atom is -0.371 e. The quantitative estimate of drug-likeness (QED) is 0.850. The molecule has 0 radical (unpaired) electrons. The number of halogens is 1. The van der Waals surface area contributed by atoms with Crippen LogP contribution in [0.5, 0.6) is 0 Å². The summed E-state index contributed by atoms with van der Waals surface area (Å²) in [6.45, 7) is 0.931. The first-order valence-electron chi connectivity index (χ1n) is 6.97. The van der Waals surface area contributed by atoms with Crippen LogP contribution in [0.3, 0.4) is 0 Å². The molecule has 116 valence electrons. The number of rotatable bonds is 5. The summed E-state index contributed by atoms with van der Waals surface area (Å²) in [5.74, 6) is -0.303. The Morgan fingerprint density at radius 3 is 2.50 bits per heavy atom. The lowest BCUT2D eigenvalue weighted by atomic mass is 10.2. The predicted octanol–water partition coefficient (Wildman–Crippen LogP) is 2.42. The fourth-order valence-corrected chi connectivity index (χ4v) is 3.81. The molecule has 0 N–H and O–H groups in total. The second-order valence-corrected chi connectivity index (χ2v) is 7.14. The minimum atomic E-state index is -3.43. The van der Waals surface area contributed by atoms with Crippen LogP contribution in [0.1, 0.15) is 5.56 Å². The van der Waals surface area contributed by atoms with Gasteiger partial charge in [-0.15, -0.1) is 0 Å². The van der Waals surface area contributed by atoms with Gasteiger partial charge in [0.15, 0.2) is 0 Å². The topological polar surface area (TPSA) is 46.6 Å². The summed E-state index contributed by atoms with van der Waals surface area (Å²) in [7, 11) is -3.43. The second kappa shape index (κ2) is 6.16. The lowest BCUT2D eigenvalue weighted by molar-refractivity contribution is -0.0296. The van der Waals surface area contributed by atoms with Crippen molar-refractivity contribution in [3.8, 4) is 0 Å². The number of hydrogen-bond donors (Lipinski definition) is 0. The lowest BCUT2D eigenvalue weighted by Crippen LogP contribution is -2.54. The van der Waals surface area contributed by atoms with Crippen LogP contribution in [0.4, 0.5) is 4.39 Å². The summed E-state index contributed by atoms with van der Waals surface area (Å²) in [5.41, 5.74) is 0.740. The van der Waals surface area contributed by atoms with E-state index in [4.69, 9.17) is 4.74 Å². The molecule has 2 aromatic rings. The van der Waals surface area contributed by atoms with Gasteiger partial charge in [-0.05, 0) is 29.8 Å². The third-order valence-electron chi connectivity index (χ3n) is 3.57. The standard InChI is InChI=1S/C16H16FNO3S/c17-14-6-4-5-13(9-14)12-21-15-10-18(11-15)22(19,20)16-7-2-1-3-8-16/h1-9,15H,10-12H2.